The molecule has 0 saturated carbocycles. The van der Waals surface area contributed by atoms with Crippen molar-refractivity contribution in [1.82, 2.24) is 5.32 Å². The van der Waals surface area contributed by atoms with E-state index in [1.54, 1.807) is 0 Å². The van der Waals surface area contributed by atoms with Crippen LogP contribution in [0, 0.1) is 0 Å². The Morgan fingerprint density at radius 2 is 1.25 bits per heavy atom. The number of hydrogen-bond donors (Lipinski definition) is 1. The van der Waals surface area contributed by atoms with E-state index in [0.29, 0.717) is 0 Å². The first-order valence-electron chi connectivity index (χ1n) is 2.24. The van der Waals surface area contributed by atoms with Crippen molar-refractivity contribution < 1.29 is 19.5 Å². The summed E-state index contributed by atoms with van der Waals surface area (Å²) in [4.78, 5) is 0. The van der Waals surface area contributed by atoms with Crippen molar-refractivity contribution in [1.29, 1.82) is 0 Å². The first-order chi connectivity index (χ1) is 3.50. The topological polar surface area (TPSA) is 12.0 Å². The normalized spacial score (nSPS) is 14.0. The van der Waals surface area contributed by atoms with Crippen molar-refractivity contribution >= 4 is 0 Å². The minimum absolute atomic E-state index is 0. The number of rotatable bonds is 0. The van der Waals surface area contributed by atoms with Crippen molar-refractivity contribution in [2.75, 3.05) is 0 Å². The van der Waals surface area contributed by atoms with Gasteiger partial charge in [-0.2, -0.15) is 0 Å². The average molecular weight is 194 g/mol. The third kappa shape index (κ3) is 2.76. The second kappa shape index (κ2) is 4.79. The van der Waals surface area contributed by atoms with E-state index in [2.05, 4.69) is 5.32 Å². The smallest absolute Gasteiger partial charge is 0.000442 e. The van der Waals surface area contributed by atoms with E-state index in [4.69, 9.17) is 0 Å². The Balaban J connectivity index is 0.000000490. The third-order valence-electron chi connectivity index (χ3n) is 0.718. The van der Waals surface area contributed by atoms with Gasteiger partial charge in [-0.3, -0.25) is 0 Å². The van der Waals surface area contributed by atoms with Gasteiger partial charge in [0.2, 0.25) is 0 Å². The Morgan fingerprint density at radius 3 is 1.75 bits per heavy atom. The summed E-state index contributed by atoms with van der Waals surface area (Å²) in [5.41, 5.74) is 0. The first-order valence-corrected chi connectivity index (χ1v) is 2.24. The van der Waals surface area contributed by atoms with Crippen molar-refractivity contribution in [3.8, 4) is 0 Å². The number of nitrogens with one attached hydrogen (secondary N) is 1. The molecule has 0 amide bonds. The fourth-order valence-corrected chi connectivity index (χ4v) is 0.406. The average Bonchev–Trinajstić information content (AvgIpc) is 1.90. The molecular weight excluding hydrogens is 187 g/mol. The van der Waals surface area contributed by atoms with Crippen molar-refractivity contribution in [3.05, 3.63) is 36.7 Å². The summed E-state index contributed by atoms with van der Waals surface area (Å²) in [7, 11) is 0. The largest absolute Gasteiger partial charge is 0.368 e. The molecule has 0 bridgehead atoms. The molecule has 1 heterocycles. The van der Waals surface area contributed by atoms with Gasteiger partial charge in [-0.05, 0) is 12.2 Å². The number of hydrogen-bond acceptors (Lipinski definition) is 1. The summed E-state index contributed by atoms with van der Waals surface area (Å²) < 4.78 is 0. The van der Waals surface area contributed by atoms with E-state index in [9.17, 15) is 0 Å². The van der Waals surface area contributed by atoms with Gasteiger partial charge in [0.1, 0.15) is 0 Å². The van der Waals surface area contributed by atoms with Crippen molar-refractivity contribution in [3.63, 3.8) is 0 Å². The Hall–Kier alpha value is -0.357. The zero-order valence-corrected chi connectivity index (χ0v) is 6.06. The predicted octanol–water partition coefficient (Wildman–Crippen LogP) is 1.17. The van der Waals surface area contributed by atoms with Gasteiger partial charge in [0.05, 0.1) is 0 Å². The zero-order valence-electron chi connectivity index (χ0n) is 4.32. The van der Waals surface area contributed by atoms with E-state index in [0.717, 1.165) is 0 Å². The predicted molar refractivity (Wildman–Crippen MR) is 30.6 cm³/mol. The van der Waals surface area contributed by atoms with Gasteiger partial charge >= 0.3 is 0 Å². The van der Waals surface area contributed by atoms with Crippen LogP contribution in [0.25, 0.3) is 0 Å². The molecule has 0 atom stereocenters. The maximum absolute atomic E-state index is 2.92. The molecule has 0 radical (unpaired) electrons. The molecule has 0 saturated heterocycles. The van der Waals surface area contributed by atoms with Crippen LogP contribution in [0.4, 0.5) is 0 Å². The zero-order chi connectivity index (χ0) is 4.95. The molecule has 1 rings (SSSR count). The summed E-state index contributed by atoms with van der Waals surface area (Å²) in [6, 6.07) is 0. The van der Waals surface area contributed by atoms with Crippen LogP contribution in [0.3, 0.4) is 0 Å². The maximum Gasteiger partial charge on any atom is 0.000442 e. The Kier molecular flexibility index (Phi) is 4.58. The van der Waals surface area contributed by atoms with E-state index in [1.165, 1.54) is 0 Å². The van der Waals surface area contributed by atoms with Crippen LogP contribution in [-0.4, -0.2) is 0 Å². The van der Waals surface area contributed by atoms with E-state index >= 15 is 0 Å². The quantitative estimate of drug-likeness (QED) is 0.571. The Morgan fingerprint density at radius 1 is 0.750 bits per heavy atom. The van der Waals surface area contributed by atoms with Crippen LogP contribution < -0.4 is 5.32 Å². The van der Waals surface area contributed by atoms with E-state index < -0.39 is 0 Å². The second-order valence-corrected chi connectivity index (χ2v) is 1.27. The van der Waals surface area contributed by atoms with Gasteiger partial charge in [0.25, 0.3) is 0 Å². The van der Waals surface area contributed by atoms with Crippen LogP contribution in [0.1, 0.15) is 0 Å². The molecule has 1 aliphatic heterocycles. The molecule has 1 N–H and O–H groups in total. The molecule has 2 heteroatoms. The van der Waals surface area contributed by atoms with Gasteiger partial charge in [-0.1, -0.05) is 12.2 Å². The minimum Gasteiger partial charge on any atom is -0.368 e. The standard InChI is InChI=1S/C6H7N.Ru/c1-2-4-6-7-5-3-1;/h1-7H;. The van der Waals surface area contributed by atoms with Gasteiger partial charge in [0.15, 0.2) is 0 Å². The fraction of sp³-hybridized carbons (Fsp3) is 0. The molecule has 0 aliphatic carbocycles. The van der Waals surface area contributed by atoms with Crippen molar-refractivity contribution in [2.45, 2.75) is 0 Å². The molecule has 0 fully saturated rings. The van der Waals surface area contributed by atoms with Crippen LogP contribution in [-0.2, 0) is 19.5 Å². The number of allylic oxidation sites excluding steroid dienone is 4. The minimum atomic E-state index is 0. The monoisotopic (exact) mass is 195 g/mol. The summed E-state index contributed by atoms with van der Waals surface area (Å²) >= 11 is 0. The third-order valence-corrected chi connectivity index (χ3v) is 0.718. The molecule has 8 heavy (non-hydrogen) atoms. The SMILES string of the molecule is C1=CC=CNC=C1.[Ru]. The summed E-state index contributed by atoms with van der Waals surface area (Å²) in [5.74, 6) is 0. The summed E-state index contributed by atoms with van der Waals surface area (Å²) in [6.07, 6.45) is 11.6. The van der Waals surface area contributed by atoms with Crippen LogP contribution in [0.15, 0.2) is 36.7 Å². The van der Waals surface area contributed by atoms with Gasteiger partial charge < -0.3 is 5.32 Å². The summed E-state index contributed by atoms with van der Waals surface area (Å²) in [5, 5.41) is 2.92. The summed E-state index contributed by atoms with van der Waals surface area (Å²) in [6.45, 7) is 0. The van der Waals surface area contributed by atoms with E-state index in [1.807, 2.05) is 36.7 Å². The van der Waals surface area contributed by atoms with Crippen LogP contribution in [0.5, 0.6) is 0 Å². The van der Waals surface area contributed by atoms with Crippen LogP contribution in [0.2, 0.25) is 0 Å². The molecule has 0 aromatic rings. The van der Waals surface area contributed by atoms with Crippen LogP contribution >= 0.6 is 0 Å². The molecule has 0 aromatic carbocycles. The molecule has 1 aliphatic rings. The molecular formula is C6H7NRu. The maximum atomic E-state index is 2.92. The van der Waals surface area contributed by atoms with Gasteiger partial charge in [0, 0.05) is 31.9 Å². The molecule has 44 valence electrons. The second-order valence-electron chi connectivity index (χ2n) is 1.27. The Labute approximate surface area is 61.9 Å². The molecule has 0 spiro atoms. The molecule has 0 aromatic heterocycles. The van der Waals surface area contributed by atoms with Crippen molar-refractivity contribution in [2.24, 2.45) is 0 Å². The fourth-order valence-electron chi connectivity index (χ4n) is 0.406. The Bertz CT molecular complexity index is 110. The molecule has 0 unspecified atom stereocenters. The van der Waals surface area contributed by atoms with Gasteiger partial charge in [-0.15, -0.1) is 0 Å². The first kappa shape index (κ1) is 7.64. The van der Waals surface area contributed by atoms with E-state index in [-0.39, 0.29) is 19.5 Å². The molecule has 1 nitrogen and oxygen atoms in total. The van der Waals surface area contributed by atoms with Gasteiger partial charge in [-0.25, -0.2) is 0 Å².